The third-order valence-electron chi connectivity index (χ3n) is 7.67. The third-order valence-corrected chi connectivity index (χ3v) is 7.67. The zero-order chi connectivity index (χ0) is 18.9. The van der Waals surface area contributed by atoms with Crippen LogP contribution in [0.4, 0.5) is 4.39 Å². The van der Waals surface area contributed by atoms with Crippen LogP contribution in [0.25, 0.3) is 0 Å². The average molecular weight is 366 g/mol. The van der Waals surface area contributed by atoms with Crippen molar-refractivity contribution in [1.29, 1.82) is 0 Å². The highest BCUT2D eigenvalue weighted by Gasteiger charge is 2.45. The number of aliphatic hydroxyl groups excluding tert-OH is 1. The normalized spacial score (nSPS) is 40.3. The van der Waals surface area contributed by atoms with E-state index in [9.17, 15) is 9.50 Å². The highest BCUT2D eigenvalue weighted by atomic mass is 19.1. The number of rotatable bonds is 4. The molecular formula is C23H40FNO. The second-order valence-corrected chi connectivity index (χ2v) is 10.1. The SMILES string of the molecule is C[C@@H]1[C@H](C(C)(C)F)C=C(C2CCC(N)CC2)C(CC2CCCCC2)[C@@H]1O. The number of halogens is 1. The zero-order valence-corrected chi connectivity index (χ0v) is 17.1. The van der Waals surface area contributed by atoms with Crippen LogP contribution in [0.2, 0.25) is 0 Å². The molecule has 4 atom stereocenters. The van der Waals surface area contributed by atoms with E-state index in [0.29, 0.717) is 12.0 Å². The summed E-state index contributed by atoms with van der Waals surface area (Å²) in [7, 11) is 0. The molecule has 0 heterocycles. The van der Waals surface area contributed by atoms with Crippen molar-refractivity contribution < 1.29 is 9.50 Å². The molecule has 0 aromatic rings. The minimum absolute atomic E-state index is 0.0156. The van der Waals surface area contributed by atoms with E-state index in [-0.39, 0.29) is 17.8 Å². The lowest BCUT2D eigenvalue weighted by molar-refractivity contribution is -0.0128. The van der Waals surface area contributed by atoms with Gasteiger partial charge >= 0.3 is 0 Å². The molecule has 0 spiro atoms. The molecule has 0 aromatic heterocycles. The first-order valence-electron chi connectivity index (χ1n) is 11.1. The molecule has 3 N–H and O–H groups in total. The van der Waals surface area contributed by atoms with Gasteiger partial charge in [0.15, 0.2) is 0 Å². The second-order valence-electron chi connectivity index (χ2n) is 10.1. The topological polar surface area (TPSA) is 46.2 Å². The average Bonchev–Trinajstić information content (AvgIpc) is 2.60. The lowest BCUT2D eigenvalue weighted by Crippen LogP contribution is -2.45. The molecule has 2 fully saturated rings. The van der Waals surface area contributed by atoms with Crippen molar-refractivity contribution in [2.45, 2.75) is 103 Å². The molecule has 150 valence electrons. The summed E-state index contributed by atoms with van der Waals surface area (Å²) in [6.45, 7) is 5.40. The van der Waals surface area contributed by atoms with Gasteiger partial charge in [-0.05, 0) is 63.7 Å². The van der Waals surface area contributed by atoms with Gasteiger partial charge in [-0.2, -0.15) is 0 Å². The Morgan fingerprint density at radius 2 is 1.69 bits per heavy atom. The smallest absolute Gasteiger partial charge is 0.112 e. The summed E-state index contributed by atoms with van der Waals surface area (Å²) in [6, 6.07) is 0.324. The molecule has 0 bridgehead atoms. The lowest BCUT2D eigenvalue weighted by atomic mass is 9.62. The number of aliphatic hydroxyl groups is 1. The fourth-order valence-electron chi connectivity index (χ4n) is 6.03. The number of hydrogen-bond acceptors (Lipinski definition) is 2. The molecule has 0 radical (unpaired) electrons. The van der Waals surface area contributed by atoms with Crippen LogP contribution in [0.3, 0.4) is 0 Å². The van der Waals surface area contributed by atoms with E-state index in [1.54, 1.807) is 13.8 Å². The fraction of sp³-hybridized carbons (Fsp3) is 0.913. The van der Waals surface area contributed by atoms with E-state index in [2.05, 4.69) is 13.0 Å². The van der Waals surface area contributed by atoms with Crippen molar-refractivity contribution in [3.05, 3.63) is 11.6 Å². The largest absolute Gasteiger partial charge is 0.392 e. The van der Waals surface area contributed by atoms with Crippen LogP contribution >= 0.6 is 0 Å². The molecule has 3 aliphatic rings. The van der Waals surface area contributed by atoms with Gasteiger partial charge in [-0.3, -0.25) is 0 Å². The minimum Gasteiger partial charge on any atom is -0.392 e. The second kappa shape index (κ2) is 8.31. The van der Waals surface area contributed by atoms with E-state index in [4.69, 9.17) is 5.73 Å². The molecular weight excluding hydrogens is 325 g/mol. The van der Waals surface area contributed by atoms with E-state index < -0.39 is 11.8 Å². The Hall–Kier alpha value is -0.410. The summed E-state index contributed by atoms with van der Waals surface area (Å²) in [6.07, 6.45) is 13.9. The van der Waals surface area contributed by atoms with E-state index >= 15 is 0 Å². The molecule has 26 heavy (non-hydrogen) atoms. The molecule has 0 amide bonds. The van der Waals surface area contributed by atoms with Gasteiger partial charge in [-0.15, -0.1) is 0 Å². The Balaban J connectivity index is 1.85. The molecule has 0 saturated heterocycles. The number of nitrogens with two attached hydrogens (primary N) is 1. The minimum atomic E-state index is -1.29. The monoisotopic (exact) mass is 365 g/mol. The first kappa shape index (κ1) is 20.3. The molecule has 1 unspecified atom stereocenters. The summed E-state index contributed by atoms with van der Waals surface area (Å²) in [5.74, 6) is 1.25. The van der Waals surface area contributed by atoms with Gasteiger partial charge in [0.05, 0.1) is 6.10 Å². The third kappa shape index (κ3) is 4.52. The molecule has 3 heteroatoms. The molecule has 2 saturated carbocycles. The molecule has 0 aromatic carbocycles. The maximum absolute atomic E-state index is 14.9. The Bertz CT molecular complexity index is 483. The van der Waals surface area contributed by atoms with Gasteiger partial charge in [-0.1, -0.05) is 50.7 Å². The predicted octanol–water partition coefficient (Wildman–Crippen LogP) is 5.39. The van der Waals surface area contributed by atoms with Crippen molar-refractivity contribution in [3.8, 4) is 0 Å². The highest BCUT2D eigenvalue weighted by molar-refractivity contribution is 5.22. The molecule has 3 aliphatic carbocycles. The van der Waals surface area contributed by atoms with Crippen molar-refractivity contribution in [2.24, 2.45) is 35.3 Å². The highest BCUT2D eigenvalue weighted by Crippen LogP contribution is 2.48. The maximum Gasteiger partial charge on any atom is 0.112 e. The predicted molar refractivity (Wildman–Crippen MR) is 107 cm³/mol. The summed E-state index contributed by atoms with van der Waals surface area (Å²) in [4.78, 5) is 0. The molecule has 2 nitrogen and oxygen atoms in total. The quantitative estimate of drug-likeness (QED) is 0.656. The first-order valence-corrected chi connectivity index (χ1v) is 11.1. The Kier molecular flexibility index (Phi) is 6.49. The summed E-state index contributed by atoms with van der Waals surface area (Å²) in [5.41, 5.74) is 6.22. The van der Waals surface area contributed by atoms with Crippen LogP contribution in [-0.4, -0.2) is 22.9 Å². The van der Waals surface area contributed by atoms with Crippen LogP contribution in [0.15, 0.2) is 11.6 Å². The van der Waals surface area contributed by atoms with E-state index in [1.807, 2.05) is 0 Å². The Morgan fingerprint density at radius 3 is 2.27 bits per heavy atom. The van der Waals surface area contributed by atoms with Crippen molar-refractivity contribution in [2.75, 3.05) is 0 Å². The summed E-state index contributed by atoms with van der Waals surface area (Å²) < 4.78 is 14.9. The van der Waals surface area contributed by atoms with Gasteiger partial charge in [0.2, 0.25) is 0 Å². The van der Waals surface area contributed by atoms with Crippen LogP contribution < -0.4 is 5.73 Å². The summed E-state index contributed by atoms with van der Waals surface area (Å²) >= 11 is 0. The number of allylic oxidation sites excluding steroid dienone is 1. The van der Waals surface area contributed by atoms with Crippen LogP contribution in [0.1, 0.15) is 85.0 Å². The zero-order valence-electron chi connectivity index (χ0n) is 17.1. The number of hydrogen-bond donors (Lipinski definition) is 2. The lowest BCUT2D eigenvalue weighted by Gasteiger charge is -2.46. The van der Waals surface area contributed by atoms with E-state index in [1.165, 1.54) is 37.7 Å². The Morgan fingerprint density at radius 1 is 1.08 bits per heavy atom. The molecule has 3 rings (SSSR count). The van der Waals surface area contributed by atoms with Crippen molar-refractivity contribution in [3.63, 3.8) is 0 Å². The van der Waals surface area contributed by atoms with Crippen molar-refractivity contribution >= 4 is 0 Å². The summed E-state index contributed by atoms with van der Waals surface area (Å²) in [5, 5.41) is 11.2. The van der Waals surface area contributed by atoms with Crippen LogP contribution in [0.5, 0.6) is 0 Å². The maximum atomic E-state index is 14.9. The van der Waals surface area contributed by atoms with Gasteiger partial charge in [0, 0.05) is 17.9 Å². The van der Waals surface area contributed by atoms with E-state index in [0.717, 1.165) is 38.0 Å². The van der Waals surface area contributed by atoms with Crippen LogP contribution in [0, 0.1) is 29.6 Å². The number of alkyl halides is 1. The molecule has 0 aliphatic heterocycles. The standard InChI is InChI=1S/C23H40FNO/c1-15-21(23(2,3)24)14-19(17-9-11-18(25)12-10-17)20(22(15)26)13-16-7-5-4-6-8-16/h14-18,20-22,26H,4-13,25H2,1-3H3/t15-,17?,18?,20?,21-,22-/m1/s1. The van der Waals surface area contributed by atoms with Gasteiger partial charge in [-0.25, -0.2) is 4.39 Å². The van der Waals surface area contributed by atoms with Gasteiger partial charge in [0.1, 0.15) is 5.67 Å². The fourth-order valence-corrected chi connectivity index (χ4v) is 6.03. The van der Waals surface area contributed by atoms with Crippen molar-refractivity contribution in [1.82, 2.24) is 0 Å². The first-order chi connectivity index (χ1) is 12.3. The Labute approximate surface area is 159 Å². The van der Waals surface area contributed by atoms with Gasteiger partial charge < -0.3 is 10.8 Å². The van der Waals surface area contributed by atoms with Crippen LogP contribution in [-0.2, 0) is 0 Å². The van der Waals surface area contributed by atoms with Gasteiger partial charge in [0.25, 0.3) is 0 Å².